The smallest absolute Gasteiger partial charge is 0.170 e. The second-order valence-corrected chi connectivity index (χ2v) is 3.41. The van der Waals surface area contributed by atoms with Crippen molar-refractivity contribution >= 4 is 5.78 Å². The molecule has 2 atom stereocenters. The zero-order chi connectivity index (χ0) is 8.60. The largest absolute Gasteiger partial charge is 0.375 e. The number of hydrogen-bond donors (Lipinski definition) is 0. The summed E-state index contributed by atoms with van der Waals surface area (Å²) < 4.78 is 10.9. The fraction of sp³-hybridized carbons (Fsp3) is 0.889. The third-order valence-electron chi connectivity index (χ3n) is 2.78. The monoisotopic (exact) mass is 170 g/mol. The summed E-state index contributed by atoms with van der Waals surface area (Å²) in [5, 5.41) is 0. The Balaban J connectivity index is 2.05. The van der Waals surface area contributed by atoms with E-state index in [1.54, 1.807) is 0 Å². The Morgan fingerprint density at radius 3 is 3.08 bits per heavy atom. The van der Waals surface area contributed by atoms with Gasteiger partial charge in [0.1, 0.15) is 6.10 Å². The summed E-state index contributed by atoms with van der Waals surface area (Å²) in [6.07, 6.45) is 2.44. The highest BCUT2D eigenvalue weighted by Crippen LogP contribution is 2.42. The summed E-state index contributed by atoms with van der Waals surface area (Å²) in [5.74, 6) is 0.235. The van der Waals surface area contributed by atoms with Gasteiger partial charge >= 0.3 is 0 Å². The van der Waals surface area contributed by atoms with E-state index in [0.29, 0.717) is 13.0 Å². The van der Waals surface area contributed by atoms with E-state index in [4.69, 9.17) is 9.47 Å². The van der Waals surface area contributed by atoms with Crippen molar-refractivity contribution in [2.45, 2.75) is 37.9 Å². The van der Waals surface area contributed by atoms with Gasteiger partial charge in [-0.25, -0.2) is 0 Å². The minimum Gasteiger partial charge on any atom is -0.375 e. The summed E-state index contributed by atoms with van der Waals surface area (Å²) in [6, 6.07) is 0. The number of carbonyl (C=O) groups is 1. The topological polar surface area (TPSA) is 35.5 Å². The maximum Gasteiger partial charge on any atom is 0.170 e. The lowest BCUT2D eigenvalue weighted by Crippen LogP contribution is -2.61. The lowest BCUT2D eigenvalue weighted by Gasteiger charge is -2.43. The molecule has 0 amide bonds. The van der Waals surface area contributed by atoms with Crippen molar-refractivity contribution in [1.82, 2.24) is 0 Å². The normalized spacial score (nSPS) is 40.4. The molecule has 1 spiro atoms. The first kappa shape index (κ1) is 8.20. The SMILES string of the molecule is CCO[C@H]1CC(=O)[C@@]12CCCO2. The lowest BCUT2D eigenvalue weighted by molar-refractivity contribution is -0.187. The number of ketones is 1. The molecular formula is C9H14O3. The summed E-state index contributed by atoms with van der Waals surface area (Å²) in [7, 11) is 0. The zero-order valence-corrected chi connectivity index (χ0v) is 7.34. The van der Waals surface area contributed by atoms with E-state index < -0.39 is 5.60 Å². The van der Waals surface area contributed by atoms with Crippen molar-refractivity contribution in [2.75, 3.05) is 13.2 Å². The number of Topliss-reactive ketones (excluding diaryl/α,β-unsaturated/α-hetero) is 1. The van der Waals surface area contributed by atoms with Gasteiger partial charge in [-0.15, -0.1) is 0 Å². The molecular weight excluding hydrogens is 156 g/mol. The minimum atomic E-state index is -0.518. The van der Waals surface area contributed by atoms with Crippen LogP contribution in [0.4, 0.5) is 0 Å². The van der Waals surface area contributed by atoms with Gasteiger partial charge in [-0.1, -0.05) is 0 Å². The Hall–Kier alpha value is -0.410. The molecule has 0 bridgehead atoms. The number of ether oxygens (including phenoxy) is 2. The second-order valence-electron chi connectivity index (χ2n) is 3.41. The molecule has 1 aliphatic carbocycles. The van der Waals surface area contributed by atoms with E-state index in [1.807, 2.05) is 6.92 Å². The molecule has 1 saturated heterocycles. The van der Waals surface area contributed by atoms with Crippen LogP contribution in [0.25, 0.3) is 0 Å². The van der Waals surface area contributed by atoms with Crippen LogP contribution in [-0.4, -0.2) is 30.7 Å². The van der Waals surface area contributed by atoms with Gasteiger partial charge in [0, 0.05) is 19.6 Å². The Morgan fingerprint density at radius 1 is 1.75 bits per heavy atom. The Labute approximate surface area is 72.0 Å². The Bertz CT molecular complexity index is 194. The Morgan fingerprint density at radius 2 is 2.58 bits per heavy atom. The van der Waals surface area contributed by atoms with Crippen LogP contribution in [-0.2, 0) is 14.3 Å². The first-order valence-electron chi connectivity index (χ1n) is 4.58. The number of hydrogen-bond acceptors (Lipinski definition) is 3. The molecule has 0 unspecified atom stereocenters. The summed E-state index contributed by atoms with van der Waals surface area (Å²) >= 11 is 0. The highest BCUT2D eigenvalue weighted by molar-refractivity contribution is 5.95. The van der Waals surface area contributed by atoms with E-state index in [1.165, 1.54) is 0 Å². The summed E-state index contributed by atoms with van der Waals surface area (Å²) in [5.41, 5.74) is -0.518. The van der Waals surface area contributed by atoms with E-state index in [2.05, 4.69) is 0 Å². The van der Waals surface area contributed by atoms with Crippen LogP contribution in [0, 0.1) is 0 Å². The molecule has 1 saturated carbocycles. The quantitative estimate of drug-likeness (QED) is 0.618. The van der Waals surface area contributed by atoms with Gasteiger partial charge in [-0.05, 0) is 19.8 Å². The fourth-order valence-corrected chi connectivity index (χ4v) is 2.08. The van der Waals surface area contributed by atoms with E-state index >= 15 is 0 Å². The van der Waals surface area contributed by atoms with Crippen LogP contribution in [0.2, 0.25) is 0 Å². The van der Waals surface area contributed by atoms with Gasteiger partial charge in [0.05, 0.1) is 0 Å². The minimum absolute atomic E-state index is 0.0394. The van der Waals surface area contributed by atoms with E-state index in [-0.39, 0.29) is 11.9 Å². The highest BCUT2D eigenvalue weighted by atomic mass is 16.6. The first-order valence-corrected chi connectivity index (χ1v) is 4.58. The summed E-state index contributed by atoms with van der Waals surface area (Å²) in [6.45, 7) is 3.34. The van der Waals surface area contributed by atoms with Crippen LogP contribution >= 0.6 is 0 Å². The van der Waals surface area contributed by atoms with Gasteiger partial charge in [0.25, 0.3) is 0 Å². The predicted octanol–water partition coefficient (Wildman–Crippen LogP) is 0.913. The lowest BCUT2D eigenvalue weighted by atomic mass is 9.73. The van der Waals surface area contributed by atoms with Crippen molar-refractivity contribution < 1.29 is 14.3 Å². The van der Waals surface area contributed by atoms with E-state index in [9.17, 15) is 4.79 Å². The summed E-state index contributed by atoms with van der Waals surface area (Å²) in [4.78, 5) is 11.3. The molecule has 2 aliphatic rings. The Kier molecular flexibility index (Phi) is 1.93. The molecule has 1 heterocycles. The molecule has 0 aromatic rings. The maximum absolute atomic E-state index is 11.3. The average molecular weight is 170 g/mol. The van der Waals surface area contributed by atoms with Crippen molar-refractivity contribution in [3.63, 3.8) is 0 Å². The average Bonchev–Trinajstić information content (AvgIpc) is 2.55. The van der Waals surface area contributed by atoms with Crippen molar-refractivity contribution in [2.24, 2.45) is 0 Å². The highest BCUT2D eigenvalue weighted by Gasteiger charge is 2.58. The molecule has 2 fully saturated rings. The van der Waals surface area contributed by atoms with Crippen molar-refractivity contribution in [1.29, 1.82) is 0 Å². The molecule has 1 aliphatic heterocycles. The van der Waals surface area contributed by atoms with Gasteiger partial charge in [0.2, 0.25) is 0 Å². The van der Waals surface area contributed by atoms with Gasteiger partial charge in [-0.3, -0.25) is 4.79 Å². The second kappa shape index (κ2) is 2.82. The molecule has 3 nitrogen and oxygen atoms in total. The number of rotatable bonds is 2. The fourth-order valence-electron chi connectivity index (χ4n) is 2.08. The standard InChI is InChI=1S/C9H14O3/c1-2-11-8-6-7(10)9(8)4-3-5-12-9/h8H,2-6H2,1H3/t8-,9-/m0/s1. The third kappa shape index (κ3) is 0.930. The van der Waals surface area contributed by atoms with E-state index in [0.717, 1.165) is 19.4 Å². The third-order valence-corrected chi connectivity index (χ3v) is 2.78. The van der Waals surface area contributed by atoms with Crippen LogP contribution in [0.1, 0.15) is 26.2 Å². The molecule has 0 N–H and O–H groups in total. The van der Waals surface area contributed by atoms with Crippen molar-refractivity contribution in [3.8, 4) is 0 Å². The molecule has 0 aromatic carbocycles. The van der Waals surface area contributed by atoms with Gasteiger partial charge < -0.3 is 9.47 Å². The van der Waals surface area contributed by atoms with Crippen molar-refractivity contribution in [3.05, 3.63) is 0 Å². The predicted molar refractivity (Wildman–Crippen MR) is 43.0 cm³/mol. The molecule has 0 radical (unpaired) electrons. The molecule has 3 heteroatoms. The van der Waals surface area contributed by atoms with Gasteiger partial charge in [-0.2, -0.15) is 0 Å². The van der Waals surface area contributed by atoms with Crippen LogP contribution < -0.4 is 0 Å². The van der Waals surface area contributed by atoms with Gasteiger partial charge in [0.15, 0.2) is 11.4 Å². The first-order chi connectivity index (χ1) is 5.79. The molecule has 12 heavy (non-hydrogen) atoms. The molecule has 2 rings (SSSR count). The van der Waals surface area contributed by atoms with Crippen LogP contribution in [0.5, 0.6) is 0 Å². The van der Waals surface area contributed by atoms with Crippen LogP contribution in [0.3, 0.4) is 0 Å². The van der Waals surface area contributed by atoms with Crippen LogP contribution in [0.15, 0.2) is 0 Å². The molecule has 68 valence electrons. The number of carbonyl (C=O) groups excluding carboxylic acids is 1. The maximum atomic E-state index is 11.3. The molecule has 0 aromatic heterocycles. The zero-order valence-electron chi connectivity index (χ0n) is 7.34.